The van der Waals surface area contributed by atoms with Gasteiger partial charge in [0.2, 0.25) is 24.1 Å². The molecule has 7 N–H and O–H groups in total. The van der Waals surface area contributed by atoms with Crippen molar-refractivity contribution in [2.45, 2.75) is 95.6 Å². The molecule has 3 aromatic rings. The van der Waals surface area contributed by atoms with E-state index in [9.17, 15) is 42.3 Å². The van der Waals surface area contributed by atoms with Crippen molar-refractivity contribution in [3.63, 3.8) is 0 Å². The zero-order valence-corrected chi connectivity index (χ0v) is 30.2. The van der Waals surface area contributed by atoms with E-state index in [1.54, 1.807) is 12.1 Å². The molecule has 5 amide bonds. The number of alkyl halides is 3. The van der Waals surface area contributed by atoms with E-state index < -0.39 is 48.5 Å². The number of hydrogen-bond donors (Lipinski definition) is 6. The zero-order chi connectivity index (χ0) is 39.4. The summed E-state index contributed by atoms with van der Waals surface area (Å²) >= 11 is 0. The van der Waals surface area contributed by atoms with E-state index in [2.05, 4.69) is 35.1 Å². The van der Waals surface area contributed by atoms with E-state index >= 15 is 0 Å². The van der Waals surface area contributed by atoms with Crippen LogP contribution >= 0.6 is 0 Å². The molecule has 4 rings (SSSR count). The molecule has 2 unspecified atom stereocenters. The molecule has 53 heavy (non-hydrogen) atoms. The predicted octanol–water partition coefficient (Wildman–Crippen LogP) is 4.58. The van der Waals surface area contributed by atoms with E-state index in [-0.39, 0.29) is 24.4 Å². The Balaban J connectivity index is 0.000000351. The van der Waals surface area contributed by atoms with Crippen LogP contribution < -0.4 is 27.0 Å². The minimum absolute atomic E-state index is 0.00282. The lowest BCUT2D eigenvalue weighted by molar-refractivity contribution is -0.213. The lowest BCUT2D eigenvalue weighted by Gasteiger charge is -2.41. The maximum atomic E-state index is 12.6. The fraction of sp³-hybridized carbons (Fsp3) is 0.410. The monoisotopic (exact) mass is 741 g/mol. The van der Waals surface area contributed by atoms with Gasteiger partial charge < -0.3 is 32.1 Å². The lowest BCUT2D eigenvalue weighted by atomic mass is 9.76. The summed E-state index contributed by atoms with van der Waals surface area (Å²) in [6.07, 6.45) is -5.14. The Labute approximate surface area is 308 Å². The topological polar surface area (TPSA) is 180 Å². The van der Waals surface area contributed by atoms with E-state index in [0.29, 0.717) is 31.2 Å². The van der Waals surface area contributed by atoms with Crippen molar-refractivity contribution in [1.29, 1.82) is 0 Å². The molecule has 1 fully saturated rings. The van der Waals surface area contributed by atoms with Gasteiger partial charge in [0.1, 0.15) is 5.54 Å². The van der Waals surface area contributed by atoms with Gasteiger partial charge in [0, 0.05) is 18.0 Å². The van der Waals surface area contributed by atoms with E-state index in [1.165, 1.54) is 6.42 Å². The largest absolute Gasteiger partial charge is 0.416 e. The highest BCUT2D eigenvalue weighted by Gasteiger charge is 2.48. The summed E-state index contributed by atoms with van der Waals surface area (Å²) in [4.78, 5) is 57.7. The average molecular weight is 742 g/mol. The molecule has 0 saturated heterocycles. The molecule has 0 bridgehead atoms. The highest BCUT2D eigenvalue weighted by atomic mass is 19.4. The van der Waals surface area contributed by atoms with Crippen molar-refractivity contribution >= 4 is 30.0 Å². The third-order valence-corrected chi connectivity index (χ3v) is 8.17. The molecule has 1 aliphatic rings. The van der Waals surface area contributed by atoms with Gasteiger partial charge in [-0.2, -0.15) is 13.2 Å². The van der Waals surface area contributed by atoms with Gasteiger partial charge in [-0.05, 0) is 67.9 Å². The molecule has 11 nitrogen and oxygen atoms in total. The van der Waals surface area contributed by atoms with Crippen LogP contribution in [0.25, 0.3) is 11.1 Å². The maximum absolute atomic E-state index is 12.6. The van der Waals surface area contributed by atoms with Crippen molar-refractivity contribution < 1.29 is 42.3 Å². The molecule has 288 valence electrons. The number of amides is 5. The maximum Gasteiger partial charge on any atom is 0.416 e. The van der Waals surface area contributed by atoms with Gasteiger partial charge in [-0.15, -0.1) is 0 Å². The number of nitrogens with one attached hydrogen (secondary N) is 4. The number of aliphatic hydroxyl groups excluding tert-OH is 1. The van der Waals surface area contributed by atoms with Crippen molar-refractivity contribution in [3.8, 4) is 11.1 Å². The fourth-order valence-electron chi connectivity index (χ4n) is 5.27. The zero-order valence-electron chi connectivity index (χ0n) is 30.2. The highest BCUT2D eigenvalue weighted by molar-refractivity contribution is 5.97. The molecule has 0 spiro atoms. The predicted molar refractivity (Wildman–Crippen MR) is 196 cm³/mol. The second-order valence-corrected chi connectivity index (χ2v) is 12.8. The minimum atomic E-state index is -4.96. The first-order valence-electron chi connectivity index (χ1n) is 17.5. The number of aliphatic hydroxyl groups is 1. The molecule has 0 radical (unpaired) electrons. The summed E-state index contributed by atoms with van der Waals surface area (Å²) in [6, 6.07) is 25.6. The number of carbonyl (C=O) groups is 5. The second kappa shape index (κ2) is 22.0. The summed E-state index contributed by atoms with van der Waals surface area (Å²) in [5, 5.41) is 19.3. The first-order chi connectivity index (χ1) is 25.1. The highest BCUT2D eigenvalue weighted by Crippen LogP contribution is 2.32. The normalized spacial score (nSPS) is 14.5. The third-order valence-electron chi connectivity index (χ3n) is 8.17. The van der Waals surface area contributed by atoms with Gasteiger partial charge in [-0.3, -0.25) is 24.0 Å². The van der Waals surface area contributed by atoms with Crippen LogP contribution in [0, 0.1) is 0 Å². The Hall–Kier alpha value is -5.24. The molecule has 0 heterocycles. The third kappa shape index (κ3) is 15.1. The fourth-order valence-corrected chi connectivity index (χ4v) is 5.27. The Kier molecular flexibility index (Phi) is 18.2. The van der Waals surface area contributed by atoms with Gasteiger partial charge in [0.25, 0.3) is 5.91 Å². The van der Waals surface area contributed by atoms with Crippen LogP contribution in [0.1, 0.15) is 75.2 Å². The Bertz CT molecular complexity index is 1590. The quantitative estimate of drug-likeness (QED) is 0.124. The summed E-state index contributed by atoms with van der Waals surface area (Å²) in [5.74, 6) is -2.12. The summed E-state index contributed by atoms with van der Waals surface area (Å²) in [5.41, 5.74) is 7.47. The Morgan fingerprint density at radius 3 is 1.92 bits per heavy atom. The molecule has 0 aromatic heterocycles. The summed E-state index contributed by atoms with van der Waals surface area (Å²) in [7, 11) is 0. The van der Waals surface area contributed by atoms with Crippen LogP contribution in [0.15, 0.2) is 84.9 Å². The molecule has 3 aromatic carbocycles. The minimum Gasteiger partial charge on any atom is -0.382 e. The van der Waals surface area contributed by atoms with Crippen molar-refractivity contribution in [3.05, 3.63) is 96.1 Å². The summed E-state index contributed by atoms with van der Waals surface area (Å²) < 4.78 is 37.9. The van der Waals surface area contributed by atoms with Crippen molar-refractivity contribution in [2.75, 3.05) is 6.54 Å². The first kappa shape index (κ1) is 43.9. The number of hydrogen-bond acceptors (Lipinski definition) is 6. The number of benzene rings is 3. The van der Waals surface area contributed by atoms with Crippen molar-refractivity contribution in [2.24, 2.45) is 5.73 Å². The Morgan fingerprint density at radius 1 is 0.887 bits per heavy atom. The van der Waals surface area contributed by atoms with E-state index in [1.807, 2.05) is 79.7 Å². The molecule has 3 atom stereocenters. The molecule has 14 heteroatoms. The smallest absolute Gasteiger partial charge is 0.382 e. The molecule has 1 saturated carbocycles. The number of carbonyl (C=O) groups excluding carboxylic acids is 5. The summed E-state index contributed by atoms with van der Waals surface area (Å²) in [6.45, 7) is 6.16. The van der Waals surface area contributed by atoms with Crippen molar-refractivity contribution in [1.82, 2.24) is 21.3 Å². The van der Waals surface area contributed by atoms with Gasteiger partial charge in [0.05, 0.1) is 12.6 Å². The molecule has 1 aliphatic carbocycles. The number of rotatable bonds is 15. The van der Waals surface area contributed by atoms with Crippen LogP contribution in [-0.2, 0) is 25.6 Å². The van der Waals surface area contributed by atoms with Gasteiger partial charge in [-0.1, -0.05) is 93.1 Å². The van der Waals surface area contributed by atoms with Gasteiger partial charge in [-0.25, -0.2) is 0 Å². The average Bonchev–Trinajstić information content (AvgIpc) is 3.11. The van der Waals surface area contributed by atoms with E-state index in [0.717, 1.165) is 23.1 Å². The first-order valence-corrected chi connectivity index (χ1v) is 17.5. The lowest BCUT2D eigenvalue weighted by Crippen LogP contribution is -2.64. The van der Waals surface area contributed by atoms with Gasteiger partial charge >= 0.3 is 6.18 Å². The molecular weight excluding hydrogens is 691 g/mol. The second-order valence-electron chi connectivity index (χ2n) is 12.8. The van der Waals surface area contributed by atoms with Crippen LogP contribution in [-0.4, -0.2) is 71.6 Å². The van der Waals surface area contributed by atoms with E-state index in [4.69, 9.17) is 5.73 Å². The number of primary amides is 1. The number of nitrogens with two attached hydrogens (primary N) is 1. The van der Waals surface area contributed by atoms with Crippen LogP contribution in [0.2, 0.25) is 0 Å². The van der Waals surface area contributed by atoms with Crippen LogP contribution in [0.4, 0.5) is 13.2 Å². The number of halogens is 3. The SMILES string of the molecule is CC(Cc1ccccc1)NC(=O)CNC(=O)c1ccc(-c2ccccc2)cc1.CCC.NC(=O)CC[C@H](NC(=O)C1(NC=O)CCC1)C(O)C(F)(F)F. The molecule has 0 aliphatic heterocycles. The van der Waals surface area contributed by atoms with Gasteiger partial charge in [0.15, 0.2) is 6.10 Å². The molecular formula is C39H50F3N5O6. The van der Waals surface area contributed by atoms with Crippen LogP contribution in [0.5, 0.6) is 0 Å². The van der Waals surface area contributed by atoms with Crippen LogP contribution in [0.3, 0.4) is 0 Å². The standard InChI is InChI=1S/C24H24N2O2.C12H18F3N3O4.C3H8/c1-18(16-19-8-4-2-5-9-19)26-23(27)17-25-24(28)22-14-12-21(13-15-22)20-10-6-3-7-11-20;13-12(14,15)9(21)7(2-3-8(16)20)18-10(22)11(17-6-19)4-1-5-11;1-3-2/h2-15,18H,16-17H2,1H3,(H,25,28)(H,26,27);6-7,9,21H,1-5H2,(H2,16,20)(H,17,19)(H,18,22);3H2,1-2H3/t;7-,9?;/m.0./s1. The Morgan fingerprint density at radius 2 is 1.43 bits per heavy atom.